The summed E-state index contributed by atoms with van der Waals surface area (Å²) in [6.45, 7) is 6.12. The van der Waals surface area contributed by atoms with Crippen LogP contribution >= 0.6 is 0 Å². The van der Waals surface area contributed by atoms with Crippen molar-refractivity contribution in [2.75, 3.05) is 53.0 Å². The van der Waals surface area contributed by atoms with Gasteiger partial charge in [0.15, 0.2) is 0 Å². The number of carbonyl (C=O) groups is 1. The largest absolute Gasteiger partial charge is 0.381 e. The van der Waals surface area contributed by atoms with Crippen molar-refractivity contribution in [3.63, 3.8) is 0 Å². The minimum absolute atomic E-state index is 0.177. The molecule has 3 fully saturated rings. The third kappa shape index (κ3) is 4.93. The molecule has 22 heavy (non-hydrogen) atoms. The summed E-state index contributed by atoms with van der Waals surface area (Å²) in [7, 11) is 2.13. The predicted octanol–water partition coefficient (Wildman–Crippen LogP) is 1.37. The van der Waals surface area contributed by atoms with Crippen LogP contribution in [0.25, 0.3) is 0 Å². The number of rotatable bonds is 7. The van der Waals surface area contributed by atoms with Gasteiger partial charge in [0, 0.05) is 45.8 Å². The highest BCUT2D eigenvalue weighted by Crippen LogP contribution is 2.30. The van der Waals surface area contributed by atoms with Gasteiger partial charge in [0.25, 0.3) is 0 Å². The Kier molecular flexibility index (Phi) is 5.71. The van der Waals surface area contributed by atoms with Gasteiger partial charge >= 0.3 is 0 Å². The Morgan fingerprint density at radius 2 is 2.05 bits per heavy atom. The lowest BCUT2D eigenvalue weighted by Gasteiger charge is -2.34. The smallest absolute Gasteiger partial charge is 0.222 e. The molecule has 1 saturated carbocycles. The second kappa shape index (κ2) is 7.75. The van der Waals surface area contributed by atoms with Crippen molar-refractivity contribution in [1.29, 1.82) is 0 Å². The van der Waals surface area contributed by atoms with Gasteiger partial charge in [-0.15, -0.1) is 0 Å². The molecule has 0 aromatic carbocycles. The van der Waals surface area contributed by atoms with E-state index in [1.165, 1.54) is 12.8 Å². The zero-order valence-corrected chi connectivity index (χ0v) is 13.8. The topological polar surface area (TPSA) is 42.0 Å². The van der Waals surface area contributed by atoms with Crippen molar-refractivity contribution in [1.82, 2.24) is 9.80 Å². The molecule has 5 nitrogen and oxygen atoms in total. The van der Waals surface area contributed by atoms with Gasteiger partial charge in [-0.2, -0.15) is 0 Å². The normalized spacial score (nSPS) is 29.7. The number of hydrogen-bond acceptors (Lipinski definition) is 4. The molecule has 2 atom stereocenters. The molecule has 126 valence electrons. The van der Waals surface area contributed by atoms with E-state index in [1.807, 2.05) is 0 Å². The maximum Gasteiger partial charge on any atom is 0.222 e. The van der Waals surface area contributed by atoms with Crippen molar-refractivity contribution in [3.8, 4) is 0 Å². The summed E-state index contributed by atoms with van der Waals surface area (Å²) in [5, 5.41) is 0. The van der Waals surface area contributed by atoms with Gasteiger partial charge in [-0.3, -0.25) is 4.79 Å². The van der Waals surface area contributed by atoms with Crippen LogP contribution in [-0.4, -0.2) is 74.9 Å². The summed E-state index contributed by atoms with van der Waals surface area (Å²) in [5.74, 6) is 1.64. The molecule has 0 bridgehead atoms. The molecule has 5 heteroatoms. The monoisotopic (exact) mass is 310 g/mol. The van der Waals surface area contributed by atoms with Gasteiger partial charge in [-0.05, 0) is 44.6 Å². The minimum Gasteiger partial charge on any atom is -0.381 e. The Balaban J connectivity index is 1.47. The fourth-order valence-corrected chi connectivity index (χ4v) is 3.41. The van der Waals surface area contributed by atoms with Crippen LogP contribution in [0.15, 0.2) is 0 Å². The molecule has 0 aromatic rings. The summed E-state index contributed by atoms with van der Waals surface area (Å²) < 4.78 is 11.3. The molecular weight excluding hydrogens is 280 g/mol. The van der Waals surface area contributed by atoms with Gasteiger partial charge in [0.2, 0.25) is 5.91 Å². The molecule has 1 aliphatic carbocycles. The number of ether oxygens (including phenoxy) is 2. The zero-order chi connectivity index (χ0) is 15.4. The molecule has 2 aliphatic heterocycles. The average molecular weight is 310 g/mol. The molecule has 3 rings (SSSR count). The first kappa shape index (κ1) is 16.2. The zero-order valence-electron chi connectivity index (χ0n) is 13.8. The van der Waals surface area contributed by atoms with Crippen LogP contribution in [0, 0.1) is 11.8 Å². The first-order valence-electron chi connectivity index (χ1n) is 8.86. The van der Waals surface area contributed by atoms with Crippen LogP contribution in [-0.2, 0) is 14.3 Å². The van der Waals surface area contributed by atoms with E-state index in [9.17, 15) is 4.79 Å². The summed E-state index contributed by atoms with van der Waals surface area (Å²) in [5.41, 5.74) is 0. The second-order valence-electron chi connectivity index (χ2n) is 7.27. The molecule has 0 radical (unpaired) electrons. The van der Waals surface area contributed by atoms with Gasteiger partial charge in [0.1, 0.15) is 0 Å². The Morgan fingerprint density at radius 1 is 1.18 bits per heavy atom. The molecule has 0 aromatic heterocycles. The summed E-state index contributed by atoms with van der Waals surface area (Å²) in [6.07, 6.45) is 5.51. The minimum atomic E-state index is 0.177. The number of likely N-dealkylation sites (N-methyl/N-ethyl adjacent to an activating group) is 1. The maximum absolute atomic E-state index is 12.6. The summed E-state index contributed by atoms with van der Waals surface area (Å²) >= 11 is 0. The molecular formula is C17H30N2O3. The van der Waals surface area contributed by atoms with E-state index in [-0.39, 0.29) is 6.10 Å². The van der Waals surface area contributed by atoms with E-state index in [2.05, 4.69) is 16.8 Å². The lowest BCUT2D eigenvalue weighted by molar-refractivity contribution is -0.135. The van der Waals surface area contributed by atoms with Crippen molar-refractivity contribution in [2.45, 2.75) is 38.2 Å². The molecule has 0 spiro atoms. The second-order valence-corrected chi connectivity index (χ2v) is 7.27. The van der Waals surface area contributed by atoms with Crippen LogP contribution in [0.5, 0.6) is 0 Å². The maximum atomic E-state index is 12.6. The van der Waals surface area contributed by atoms with E-state index in [0.717, 1.165) is 64.8 Å². The summed E-state index contributed by atoms with van der Waals surface area (Å²) in [6, 6.07) is 0. The standard InChI is InChI=1S/C17H30N2O3/c1-18-7-9-22-16(11-18)12-19(10-14-2-3-14)17(20)5-4-15-6-8-21-13-15/h14-16H,2-13H2,1H3/t15-,16+/m0/s1. The van der Waals surface area contributed by atoms with Crippen LogP contribution < -0.4 is 0 Å². The molecule has 0 unspecified atom stereocenters. The Labute approximate surface area is 133 Å². The van der Waals surface area contributed by atoms with Gasteiger partial charge < -0.3 is 19.3 Å². The van der Waals surface area contributed by atoms with Crippen LogP contribution in [0.2, 0.25) is 0 Å². The number of hydrogen-bond donors (Lipinski definition) is 0. The van der Waals surface area contributed by atoms with Crippen LogP contribution in [0.3, 0.4) is 0 Å². The van der Waals surface area contributed by atoms with Crippen molar-refractivity contribution in [2.24, 2.45) is 11.8 Å². The first-order valence-corrected chi connectivity index (χ1v) is 8.86. The first-order chi connectivity index (χ1) is 10.7. The third-order valence-corrected chi connectivity index (χ3v) is 5.08. The van der Waals surface area contributed by atoms with Crippen molar-refractivity contribution < 1.29 is 14.3 Å². The van der Waals surface area contributed by atoms with Crippen molar-refractivity contribution in [3.05, 3.63) is 0 Å². The van der Waals surface area contributed by atoms with E-state index in [4.69, 9.17) is 9.47 Å². The van der Waals surface area contributed by atoms with E-state index in [1.54, 1.807) is 0 Å². The molecule has 2 heterocycles. The fourth-order valence-electron chi connectivity index (χ4n) is 3.41. The lowest BCUT2D eigenvalue weighted by atomic mass is 10.0. The molecule has 3 aliphatic rings. The van der Waals surface area contributed by atoms with Crippen LogP contribution in [0.4, 0.5) is 0 Å². The number of carbonyl (C=O) groups excluding carboxylic acids is 1. The van der Waals surface area contributed by atoms with E-state index >= 15 is 0 Å². The summed E-state index contributed by atoms with van der Waals surface area (Å²) in [4.78, 5) is 17.0. The highest BCUT2D eigenvalue weighted by atomic mass is 16.5. The highest BCUT2D eigenvalue weighted by Gasteiger charge is 2.30. The SMILES string of the molecule is CN1CCO[C@@H](CN(CC2CC2)C(=O)CC[C@H]2CCOC2)C1. The van der Waals surface area contributed by atoms with Crippen LogP contribution in [0.1, 0.15) is 32.1 Å². The lowest BCUT2D eigenvalue weighted by Crippen LogP contribution is -2.48. The predicted molar refractivity (Wildman–Crippen MR) is 84.7 cm³/mol. The molecule has 1 amide bonds. The molecule has 0 N–H and O–H groups in total. The number of nitrogens with zero attached hydrogens (tertiary/aromatic N) is 2. The molecule has 2 saturated heterocycles. The number of amides is 1. The Hall–Kier alpha value is -0.650. The Morgan fingerprint density at radius 3 is 2.73 bits per heavy atom. The van der Waals surface area contributed by atoms with E-state index in [0.29, 0.717) is 18.2 Å². The van der Waals surface area contributed by atoms with Gasteiger partial charge in [-0.25, -0.2) is 0 Å². The average Bonchev–Trinajstić information content (AvgIpc) is 3.16. The van der Waals surface area contributed by atoms with E-state index < -0.39 is 0 Å². The third-order valence-electron chi connectivity index (χ3n) is 5.08. The van der Waals surface area contributed by atoms with Crippen molar-refractivity contribution >= 4 is 5.91 Å². The van der Waals surface area contributed by atoms with Gasteiger partial charge in [-0.1, -0.05) is 0 Å². The fraction of sp³-hybridized carbons (Fsp3) is 0.941. The Bertz CT molecular complexity index is 367. The van der Waals surface area contributed by atoms with Gasteiger partial charge in [0.05, 0.1) is 12.7 Å². The quantitative estimate of drug-likeness (QED) is 0.712. The number of morpholine rings is 1. The highest BCUT2D eigenvalue weighted by molar-refractivity contribution is 5.76.